The standard InChI is InChI=1S/C12H30NSi2/c1-9-11(14(3,4)5)13-12(10-2)15(6,7)8/h11-12H,9-10H2,1-8H3. The molecule has 0 N–H and O–H groups in total. The third-order valence-electron chi connectivity index (χ3n) is 3.13. The maximum atomic E-state index is 5.18. The third-order valence-corrected chi connectivity index (χ3v) is 8.25. The second-order valence-electron chi connectivity index (χ2n) is 6.73. The monoisotopic (exact) mass is 244 g/mol. The predicted octanol–water partition coefficient (Wildman–Crippen LogP) is 3.90. The molecule has 15 heavy (non-hydrogen) atoms. The molecular weight excluding hydrogens is 214 g/mol. The summed E-state index contributed by atoms with van der Waals surface area (Å²) in [5.74, 6) is 0. The molecule has 91 valence electrons. The predicted molar refractivity (Wildman–Crippen MR) is 77.0 cm³/mol. The second-order valence-corrected chi connectivity index (χ2v) is 17.5. The lowest BCUT2D eigenvalue weighted by Crippen LogP contribution is -2.54. The molecule has 0 aromatic heterocycles. The van der Waals surface area contributed by atoms with Crippen LogP contribution >= 0.6 is 0 Å². The zero-order valence-electron chi connectivity index (χ0n) is 12.0. The number of nitrogens with zero attached hydrogens (tertiary/aromatic N) is 1. The topological polar surface area (TPSA) is 14.1 Å². The first-order valence-electron chi connectivity index (χ1n) is 6.32. The summed E-state index contributed by atoms with van der Waals surface area (Å²) in [6.07, 6.45) is 2.47. The van der Waals surface area contributed by atoms with E-state index < -0.39 is 16.1 Å². The maximum Gasteiger partial charge on any atom is 0.0657 e. The fourth-order valence-electron chi connectivity index (χ4n) is 2.10. The molecule has 0 aromatic rings. The van der Waals surface area contributed by atoms with Gasteiger partial charge in [0.2, 0.25) is 0 Å². The zero-order valence-corrected chi connectivity index (χ0v) is 14.0. The Morgan fingerprint density at radius 1 is 0.733 bits per heavy atom. The highest BCUT2D eigenvalue weighted by Gasteiger charge is 2.33. The van der Waals surface area contributed by atoms with Gasteiger partial charge in [-0.1, -0.05) is 53.1 Å². The maximum absolute atomic E-state index is 5.18. The van der Waals surface area contributed by atoms with E-state index in [1.165, 1.54) is 12.8 Å². The van der Waals surface area contributed by atoms with E-state index in [1.54, 1.807) is 0 Å². The van der Waals surface area contributed by atoms with Gasteiger partial charge in [0, 0.05) is 11.3 Å². The van der Waals surface area contributed by atoms with Crippen LogP contribution < -0.4 is 5.32 Å². The van der Waals surface area contributed by atoms with Crippen molar-refractivity contribution in [1.29, 1.82) is 0 Å². The van der Waals surface area contributed by atoms with Crippen molar-refractivity contribution in [1.82, 2.24) is 5.32 Å². The highest BCUT2D eigenvalue weighted by Crippen LogP contribution is 2.18. The fourth-order valence-corrected chi connectivity index (χ4v) is 5.95. The molecule has 0 aliphatic carbocycles. The van der Waals surface area contributed by atoms with Crippen LogP contribution in [0.2, 0.25) is 39.3 Å². The molecule has 0 saturated carbocycles. The average molecular weight is 245 g/mol. The van der Waals surface area contributed by atoms with Gasteiger partial charge in [-0.2, -0.15) is 0 Å². The average Bonchev–Trinajstić information content (AvgIpc) is 2.01. The van der Waals surface area contributed by atoms with Crippen LogP contribution in [-0.4, -0.2) is 27.5 Å². The minimum atomic E-state index is -1.09. The summed E-state index contributed by atoms with van der Waals surface area (Å²) < 4.78 is 0. The van der Waals surface area contributed by atoms with Gasteiger partial charge in [0.15, 0.2) is 0 Å². The second kappa shape index (κ2) is 5.64. The molecule has 2 atom stereocenters. The zero-order chi connectivity index (χ0) is 12.3. The molecule has 1 nitrogen and oxygen atoms in total. The fraction of sp³-hybridized carbons (Fsp3) is 1.00. The summed E-state index contributed by atoms with van der Waals surface area (Å²) in [5.41, 5.74) is 1.32. The van der Waals surface area contributed by atoms with Gasteiger partial charge in [-0.15, -0.1) is 0 Å². The normalized spacial score (nSPS) is 17.6. The Balaban J connectivity index is 4.52. The molecule has 0 aliphatic heterocycles. The molecule has 0 amide bonds. The molecule has 0 aliphatic rings. The molecule has 0 bridgehead atoms. The Morgan fingerprint density at radius 3 is 1.13 bits per heavy atom. The van der Waals surface area contributed by atoms with Gasteiger partial charge in [-0.25, -0.2) is 5.32 Å². The van der Waals surface area contributed by atoms with Crippen molar-refractivity contribution < 1.29 is 0 Å². The highest BCUT2D eigenvalue weighted by molar-refractivity contribution is 6.79. The number of rotatable bonds is 6. The SMILES string of the molecule is CCC([N]C(CC)[Si](C)(C)C)[Si](C)(C)C. The minimum absolute atomic E-state index is 0.661. The van der Waals surface area contributed by atoms with Crippen molar-refractivity contribution in [3.8, 4) is 0 Å². The smallest absolute Gasteiger partial charge is 0.0657 e. The van der Waals surface area contributed by atoms with Gasteiger partial charge < -0.3 is 0 Å². The van der Waals surface area contributed by atoms with Crippen molar-refractivity contribution in [3.63, 3.8) is 0 Å². The van der Waals surface area contributed by atoms with Gasteiger partial charge in [-0.05, 0) is 12.8 Å². The van der Waals surface area contributed by atoms with E-state index in [-0.39, 0.29) is 0 Å². The summed E-state index contributed by atoms with van der Waals surface area (Å²) in [7, 11) is -2.18. The molecular formula is C12H30NSi2. The lowest BCUT2D eigenvalue weighted by Gasteiger charge is -2.36. The molecule has 0 saturated heterocycles. The number of hydrogen-bond donors (Lipinski definition) is 0. The Hall–Kier alpha value is 0.394. The van der Waals surface area contributed by atoms with Gasteiger partial charge in [0.1, 0.15) is 0 Å². The van der Waals surface area contributed by atoms with Crippen LogP contribution in [0.25, 0.3) is 0 Å². The van der Waals surface area contributed by atoms with Crippen LogP contribution in [0, 0.1) is 0 Å². The Labute approximate surface area is 99.1 Å². The highest BCUT2D eigenvalue weighted by atomic mass is 28.3. The number of hydrogen-bond acceptors (Lipinski definition) is 0. The van der Waals surface area contributed by atoms with Crippen LogP contribution in [0.3, 0.4) is 0 Å². The first-order chi connectivity index (χ1) is 6.62. The molecule has 0 aromatic carbocycles. The molecule has 0 spiro atoms. The Bertz CT molecular complexity index is 159. The summed E-state index contributed by atoms with van der Waals surface area (Å²) >= 11 is 0. The Kier molecular flexibility index (Phi) is 5.79. The van der Waals surface area contributed by atoms with E-state index >= 15 is 0 Å². The lowest BCUT2D eigenvalue weighted by molar-refractivity contribution is 0.536. The van der Waals surface area contributed by atoms with E-state index in [1.807, 2.05) is 0 Å². The van der Waals surface area contributed by atoms with Crippen LogP contribution in [0.5, 0.6) is 0 Å². The van der Waals surface area contributed by atoms with Gasteiger partial charge >= 0.3 is 0 Å². The van der Waals surface area contributed by atoms with E-state index in [9.17, 15) is 0 Å². The van der Waals surface area contributed by atoms with Crippen molar-refractivity contribution in [3.05, 3.63) is 0 Å². The lowest BCUT2D eigenvalue weighted by atomic mass is 10.4. The summed E-state index contributed by atoms with van der Waals surface area (Å²) in [4.78, 5) is 0. The molecule has 2 unspecified atom stereocenters. The minimum Gasteiger partial charge on any atom is -0.242 e. The largest absolute Gasteiger partial charge is 0.242 e. The van der Waals surface area contributed by atoms with E-state index in [4.69, 9.17) is 5.32 Å². The van der Waals surface area contributed by atoms with E-state index in [2.05, 4.69) is 53.1 Å². The van der Waals surface area contributed by atoms with Gasteiger partial charge in [0.05, 0.1) is 16.1 Å². The third kappa shape index (κ3) is 5.32. The quantitative estimate of drug-likeness (QED) is 0.629. The summed E-state index contributed by atoms with van der Waals surface area (Å²) in [5, 5.41) is 5.18. The van der Waals surface area contributed by atoms with Gasteiger partial charge in [0.25, 0.3) is 0 Å². The molecule has 0 heterocycles. The molecule has 1 radical (unpaired) electrons. The summed E-state index contributed by atoms with van der Waals surface area (Å²) in [6.45, 7) is 19.3. The van der Waals surface area contributed by atoms with Crippen LogP contribution in [0.4, 0.5) is 0 Å². The van der Waals surface area contributed by atoms with Crippen LogP contribution in [0.15, 0.2) is 0 Å². The molecule has 3 heteroatoms. The summed E-state index contributed by atoms with van der Waals surface area (Å²) in [6, 6.07) is 0. The first kappa shape index (κ1) is 15.4. The van der Waals surface area contributed by atoms with E-state index in [0.717, 1.165) is 0 Å². The molecule has 0 fully saturated rings. The van der Waals surface area contributed by atoms with Crippen LogP contribution in [0.1, 0.15) is 26.7 Å². The van der Waals surface area contributed by atoms with Crippen molar-refractivity contribution in [2.24, 2.45) is 0 Å². The molecule has 0 rings (SSSR count). The van der Waals surface area contributed by atoms with Gasteiger partial charge in [-0.3, -0.25) is 0 Å². The first-order valence-corrected chi connectivity index (χ1v) is 13.5. The van der Waals surface area contributed by atoms with Crippen molar-refractivity contribution in [2.45, 2.75) is 77.3 Å². The van der Waals surface area contributed by atoms with E-state index in [0.29, 0.717) is 11.3 Å². The van der Waals surface area contributed by atoms with Crippen LogP contribution in [-0.2, 0) is 0 Å². The Morgan fingerprint density at radius 2 is 1.00 bits per heavy atom. The van der Waals surface area contributed by atoms with Crippen molar-refractivity contribution in [2.75, 3.05) is 0 Å². The van der Waals surface area contributed by atoms with Crippen molar-refractivity contribution >= 4 is 16.1 Å².